The molecule has 21 heavy (non-hydrogen) atoms. The number of hydrogen-bond donors (Lipinski definition) is 2. The summed E-state index contributed by atoms with van der Waals surface area (Å²) in [4.78, 5) is 2.46. The molecule has 0 aromatic heterocycles. The lowest BCUT2D eigenvalue weighted by molar-refractivity contribution is 0.311. The van der Waals surface area contributed by atoms with Crippen molar-refractivity contribution in [2.45, 2.75) is 24.6 Å². The predicted octanol–water partition coefficient (Wildman–Crippen LogP) is 0.834. The van der Waals surface area contributed by atoms with Crippen molar-refractivity contribution in [1.82, 2.24) is 9.62 Å². The summed E-state index contributed by atoms with van der Waals surface area (Å²) in [5, 5.41) is 0. The van der Waals surface area contributed by atoms with E-state index in [9.17, 15) is 8.42 Å². The van der Waals surface area contributed by atoms with E-state index in [1.807, 2.05) is 7.05 Å². The maximum Gasteiger partial charge on any atom is 0.215 e. The molecule has 0 amide bonds. The predicted molar refractivity (Wildman–Crippen MR) is 88.6 cm³/mol. The van der Waals surface area contributed by atoms with Crippen molar-refractivity contribution in [3.05, 3.63) is 35.4 Å². The van der Waals surface area contributed by atoms with Crippen molar-refractivity contribution in [2.75, 3.05) is 20.1 Å². The third-order valence-corrected chi connectivity index (χ3v) is 5.33. The summed E-state index contributed by atoms with van der Waals surface area (Å²) in [5.74, 6) is -0.0557. The van der Waals surface area contributed by atoms with E-state index in [0.717, 1.165) is 19.4 Å². The van der Waals surface area contributed by atoms with Gasteiger partial charge in [0.25, 0.3) is 0 Å². The van der Waals surface area contributed by atoms with Crippen LogP contribution in [0.2, 0.25) is 0 Å². The van der Waals surface area contributed by atoms with Crippen molar-refractivity contribution in [3.63, 3.8) is 0 Å². The summed E-state index contributed by atoms with van der Waals surface area (Å²) in [7, 11) is -1.32. The Bertz CT molecular complexity index is 616. The zero-order chi connectivity index (χ0) is 15.5. The van der Waals surface area contributed by atoms with Gasteiger partial charge in [-0.05, 0) is 38.1 Å². The van der Waals surface area contributed by atoms with Crippen molar-refractivity contribution < 1.29 is 8.42 Å². The first kappa shape index (κ1) is 16.4. The minimum Gasteiger partial charge on any atom is -0.389 e. The van der Waals surface area contributed by atoms with Gasteiger partial charge in [-0.3, -0.25) is 0 Å². The Morgan fingerprint density at radius 2 is 2.29 bits per heavy atom. The Balaban J connectivity index is 1.97. The van der Waals surface area contributed by atoms with E-state index in [0.29, 0.717) is 23.7 Å². The maximum atomic E-state index is 12.2. The molecule has 0 bridgehead atoms. The van der Waals surface area contributed by atoms with E-state index >= 15 is 0 Å². The molecule has 7 heteroatoms. The highest BCUT2D eigenvalue weighted by Gasteiger charge is 2.22. The number of nitrogens with zero attached hydrogens (tertiary/aromatic N) is 1. The van der Waals surface area contributed by atoms with Crippen molar-refractivity contribution in [2.24, 2.45) is 5.73 Å². The number of likely N-dealkylation sites (N-methyl/N-ethyl adjacent to an activating group) is 1. The molecule has 5 nitrogen and oxygen atoms in total. The smallest absolute Gasteiger partial charge is 0.215 e. The molecule has 0 aliphatic carbocycles. The first-order chi connectivity index (χ1) is 9.87. The SMILES string of the molecule is CN1CCCC1CNS(=O)(=O)Cc1cccc(C(N)=S)c1. The lowest BCUT2D eigenvalue weighted by Crippen LogP contribution is -2.38. The molecule has 1 aliphatic heterocycles. The van der Waals surface area contributed by atoms with Crippen LogP contribution in [0.1, 0.15) is 24.0 Å². The van der Waals surface area contributed by atoms with E-state index in [1.165, 1.54) is 0 Å². The zero-order valence-electron chi connectivity index (χ0n) is 12.1. The summed E-state index contributed by atoms with van der Waals surface area (Å²) in [6, 6.07) is 7.33. The molecule has 2 rings (SSSR count). The van der Waals surface area contributed by atoms with E-state index in [2.05, 4.69) is 9.62 Å². The third kappa shape index (κ3) is 4.74. The highest BCUT2D eigenvalue weighted by molar-refractivity contribution is 7.88. The lowest BCUT2D eigenvalue weighted by Gasteiger charge is -2.19. The highest BCUT2D eigenvalue weighted by atomic mass is 32.2. The Morgan fingerprint density at radius 3 is 2.90 bits per heavy atom. The second-order valence-corrected chi connectivity index (χ2v) is 7.70. The molecule has 116 valence electrons. The van der Waals surface area contributed by atoms with Gasteiger partial charge in [-0.1, -0.05) is 30.4 Å². The average molecular weight is 327 g/mol. The topological polar surface area (TPSA) is 75.4 Å². The summed E-state index contributed by atoms with van der Waals surface area (Å²) >= 11 is 4.91. The molecule has 1 heterocycles. The minimum absolute atomic E-state index is 0.0557. The average Bonchev–Trinajstić information content (AvgIpc) is 2.82. The molecule has 0 radical (unpaired) electrons. The van der Waals surface area contributed by atoms with Crippen LogP contribution >= 0.6 is 12.2 Å². The number of sulfonamides is 1. The summed E-state index contributed by atoms with van der Waals surface area (Å²) < 4.78 is 27.0. The van der Waals surface area contributed by atoms with Crippen LogP contribution in [0.25, 0.3) is 0 Å². The molecule has 1 atom stereocenters. The van der Waals surface area contributed by atoms with Crippen molar-refractivity contribution in [3.8, 4) is 0 Å². The molecular formula is C14H21N3O2S2. The maximum absolute atomic E-state index is 12.2. The zero-order valence-corrected chi connectivity index (χ0v) is 13.7. The van der Waals surface area contributed by atoms with Gasteiger partial charge in [-0.2, -0.15) is 0 Å². The second kappa shape index (κ2) is 6.83. The van der Waals surface area contributed by atoms with Crippen LogP contribution in [0.15, 0.2) is 24.3 Å². The van der Waals surface area contributed by atoms with Crippen molar-refractivity contribution in [1.29, 1.82) is 0 Å². The van der Waals surface area contributed by atoms with E-state index in [-0.39, 0.29) is 10.7 Å². The molecule has 1 unspecified atom stereocenters. The first-order valence-electron chi connectivity index (χ1n) is 6.94. The summed E-state index contributed by atoms with van der Waals surface area (Å²) in [6.07, 6.45) is 2.16. The first-order valence-corrected chi connectivity index (χ1v) is 9.00. The number of likely N-dealkylation sites (tertiary alicyclic amines) is 1. The minimum atomic E-state index is -3.35. The normalized spacial score (nSPS) is 19.8. The van der Waals surface area contributed by atoms with E-state index in [1.54, 1.807) is 24.3 Å². The second-order valence-electron chi connectivity index (χ2n) is 5.45. The Labute approximate surface area is 131 Å². The number of benzene rings is 1. The van der Waals surface area contributed by atoms with Gasteiger partial charge < -0.3 is 10.6 Å². The molecule has 0 spiro atoms. The molecule has 1 saturated heterocycles. The van der Waals surface area contributed by atoms with Gasteiger partial charge in [-0.15, -0.1) is 0 Å². The van der Waals surface area contributed by atoms with E-state index < -0.39 is 10.0 Å². The van der Waals surface area contributed by atoms with Gasteiger partial charge in [-0.25, -0.2) is 13.1 Å². The van der Waals surface area contributed by atoms with Crippen LogP contribution < -0.4 is 10.5 Å². The van der Waals surface area contributed by atoms with Gasteiger partial charge in [0.1, 0.15) is 4.99 Å². The largest absolute Gasteiger partial charge is 0.389 e. The monoisotopic (exact) mass is 327 g/mol. The molecular weight excluding hydrogens is 306 g/mol. The summed E-state index contributed by atoms with van der Waals surface area (Å²) in [5.41, 5.74) is 6.94. The van der Waals surface area contributed by atoms with Gasteiger partial charge in [0.2, 0.25) is 10.0 Å². The van der Waals surface area contributed by atoms with E-state index in [4.69, 9.17) is 18.0 Å². The number of hydrogen-bond acceptors (Lipinski definition) is 4. The Kier molecular flexibility index (Phi) is 5.32. The van der Waals surface area contributed by atoms with Crippen LogP contribution in [-0.2, 0) is 15.8 Å². The highest BCUT2D eigenvalue weighted by Crippen LogP contribution is 2.14. The molecule has 1 aliphatic rings. The van der Waals surface area contributed by atoms with Gasteiger partial charge in [0.15, 0.2) is 0 Å². The molecule has 1 aromatic carbocycles. The fraction of sp³-hybridized carbons (Fsp3) is 0.500. The van der Waals surface area contributed by atoms with Gasteiger partial charge >= 0.3 is 0 Å². The summed E-state index contributed by atoms with van der Waals surface area (Å²) in [6.45, 7) is 1.50. The van der Waals surface area contributed by atoms with Crippen LogP contribution in [0.4, 0.5) is 0 Å². The lowest BCUT2D eigenvalue weighted by atomic mass is 10.1. The van der Waals surface area contributed by atoms with Gasteiger partial charge in [0.05, 0.1) is 5.75 Å². The van der Waals surface area contributed by atoms with Crippen LogP contribution in [-0.4, -0.2) is 44.5 Å². The number of thiocarbonyl (C=S) groups is 1. The standard InChI is InChI=1S/C14H21N3O2S2/c1-17-7-3-6-13(17)9-16-21(18,19)10-11-4-2-5-12(8-11)14(15)20/h2,4-5,8,13,16H,3,6-7,9-10H2,1H3,(H2,15,20). The number of nitrogens with one attached hydrogen (secondary N) is 1. The fourth-order valence-electron chi connectivity index (χ4n) is 2.55. The van der Waals surface area contributed by atoms with Gasteiger partial charge in [0, 0.05) is 18.2 Å². The molecule has 0 saturated carbocycles. The number of nitrogens with two attached hydrogens (primary N) is 1. The van der Waals surface area contributed by atoms with Crippen molar-refractivity contribution >= 4 is 27.2 Å². The van der Waals surface area contributed by atoms with Crippen LogP contribution in [0.5, 0.6) is 0 Å². The third-order valence-electron chi connectivity index (χ3n) is 3.78. The molecule has 1 fully saturated rings. The number of rotatable bonds is 6. The quantitative estimate of drug-likeness (QED) is 0.757. The van der Waals surface area contributed by atoms with Crippen LogP contribution in [0.3, 0.4) is 0 Å². The van der Waals surface area contributed by atoms with Crippen LogP contribution in [0, 0.1) is 0 Å². The Morgan fingerprint density at radius 1 is 1.52 bits per heavy atom. The fourth-order valence-corrected chi connectivity index (χ4v) is 3.84. The molecule has 3 N–H and O–H groups in total. The molecule has 1 aromatic rings. The Hall–Kier alpha value is -1.02.